The first-order valence-corrected chi connectivity index (χ1v) is 9.08. The Morgan fingerprint density at radius 3 is 2.09 bits per heavy atom. The van der Waals surface area contributed by atoms with E-state index in [1.807, 2.05) is 25.1 Å². The van der Waals surface area contributed by atoms with Gasteiger partial charge in [0.1, 0.15) is 5.75 Å². The molecule has 1 aromatic carbocycles. The molecule has 0 saturated carbocycles. The summed E-state index contributed by atoms with van der Waals surface area (Å²) < 4.78 is 4.67. The fourth-order valence-corrected chi connectivity index (χ4v) is 2.88. The van der Waals surface area contributed by atoms with Gasteiger partial charge in [-0.05, 0) is 37.3 Å². The predicted octanol–water partition coefficient (Wildman–Crippen LogP) is 5.32. The maximum atomic E-state index is 9.96. The van der Waals surface area contributed by atoms with E-state index in [4.69, 9.17) is 0 Å². The van der Waals surface area contributed by atoms with Crippen LogP contribution in [0.2, 0.25) is 0 Å². The van der Waals surface area contributed by atoms with Crippen molar-refractivity contribution in [3.8, 4) is 5.75 Å². The van der Waals surface area contributed by atoms with E-state index in [-0.39, 0.29) is 0 Å². The van der Waals surface area contributed by atoms with Gasteiger partial charge in [-0.3, -0.25) is 4.79 Å². The van der Waals surface area contributed by atoms with E-state index < -0.39 is 0 Å². The maximum Gasteiger partial charge on any atom is 0.293 e. The van der Waals surface area contributed by atoms with Crippen molar-refractivity contribution in [3.63, 3.8) is 0 Å². The lowest BCUT2D eigenvalue weighted by Crippen LogP contribution is -1.91. The van der Waals surface area contributed by atoms with E-state index in [1.54, 1.807) is 0 Å². The molecule has 1 N–H and O–H groups in total. The summed E-state index contributed by atoms with van der Waals surface area (Å²) in [5, 5.41) is 9.96. The first-order valence-electron chi connectivity index (χ1n) is 9.08. The summed E-state index contributed by atoms with van der Waals surface area (Å²) in [6.45, 7) is 3.05. The van der Waals surface area contributed by atoms with Crippen molar-refractivity contribution < 1.29 is 14.6 Å². The number of carbonyl (C=O) groups excluding carboxylic acids is 1. The maximum absolute atomic E-state index is 9.96. The fraction of sp³-hybridized carbons (Fsp3) is 0.650. The number of unbranched alkanes of at least 4 members (excludes halogenated alkanes) is 9. The van der Waals surface area contributed by atoms with Gasteiger partial charge in [0.2, 0.25) is 0 Å². The van der Waals surface area contributed by atoms with E-state index in [2.05, 4.69) is 4.74 Å². The summed E-state index contributed by atoms with van der Waals surface area (Å²) in [5.41, 5.74) is 2.06. The number of benzene rings is 1. The number of aryl methyl sites for hydroxylation is 2. The van der Waals surface area contributed by atoms with E-state index in [0.29, 0.717) is 18.8 Å². The van der Waals surface area contributed by atoms with Crippen molar-refractivity contribution in [1.82, 2.24) is 0 Å². The van der Waals surface area contributed by atoms with Gasteiger partial charge in [-0.15, -0.1) is 0 Å². The predicted molar refractivity (Wildman–Crippen MR) is 94.7 cm³/mol. The highest BCUT2D eigenvalue weighted by Crippen LogP contribution is 2.23. The van der Waals surface area contributed by atoms with Crippen LogP contribution in [-0.2, 0) is 16.0 Å². The van der Waals surface area contributed by atoms with Gasteiger partial charge in [0, 0.05) is 0 Å². The van der Waals surface area contributed by atoms with Gasteiger partial charge in [-0.2, -0.15) is 0 Å². The van der Waals surface area contributed by atoms with Crippen molar-refractivity contribution >= 4 is 6.47 Å². The number of para-hydroxylation sites is 1. The molecule has 3 nitrogen and oxygen atoms in total. The Kier molecular flexibility index (Phi) is 11.0. The molecule has 0 unspecified atom stereocenters. The third-order valence-corrected chi connectivity index (χ3v) is 4.35. The Hall–Kier alpha value is -1.51. The molecule has 0 aliphatic carbocycles. The number of phenols is 1. The summed E-state index contributed by atoms with van der Waals surface area (Å²) in [5.74, 6) is 0.478. The lowest BCUT2D eigenvalue weighted by Gasteiger charge is -2.07. The Morgan fingerprint density at radius 1 is 0.913 bits per heavy atom. The summed E-state index contributed by atoms with van der Waals surface area (Å²) in [6, 6.07) is 6.01. The summed E-state index contributed by atoms with van der Waals surface area (Å²) in [7, 11) is 0. The molecule has 0 atom stereocenters. The van der Waals surface area contributed by atoms with Crippen LogP contribution in [0, 0.1) is 6.92 Å². The molecule has 0 spiro atoms. The van der Waals surface area contributed by atoms with Crippen molar-refractivity contribution in [1.29, 1.82) is 0 Å². The second-order valence-corrected chi connectivity index (χ2v) is 6.34. The van der Waals surface area contributed by atoms with Crippen LogP contribution in [0.5, 0.6) is 5.75 Å². The third kappa shape index (κ3) is 9.27. The number of hydrogen-bond donors (Lipinski definition) is 1. The highest BCUT2D eigenvalue weighted by atomic mass is 16.5. The quantitative estimate of drug-likeness (QED) is 0.373. The van der Waals surface area contributed by atoms with Crippen LogP contribution in [0.3, 0.4) is 0 Å². The molecule has 3 heteroatoms. The topological polar surface area (TPSA) is 46.5 Å². The molecule has 0 heterocycles. The molecule has 0 amide bonds. The van der Waals surface area contributed by atoms with Gasteiger partial charge in [0.05, 0.1) is 6.61 Å². The lowest BCUT2D eigenvalue weighted by atomic mass is 10.0. The van der Waals surface area contributed by atoms with E-state index in [1.165, 1.54) is 44.9 Å². The monoisotopic (exact) mass is 320 g/mol. The minimum Gasteiger partial charge on any atom is -0.507 e. The number of hydrogen-bond acceptors (Lipinski definition) is 3. The Balaban J connectivity index is 1.88. The van der Waals surface area contributed by atoms with Crippen LogP contribution in [0.15, 0.2) is 18.2 Å². The minimum atomic E-state index is 0.478. The Bertz CT molecular complexity index is 429. The standard InChI is InChI=1S/C20H32O3/c1-18-13-12-15-19(20(18)22)14-10-8-6-4-2-3-5-7-9-11-16-23-17-21/h12-13,15,17,22H,2-11,14,16H2,1H3. The van der Waals surface area contributed by atoms with E-state index >= 15 is 0 Å². The molecule has 130 valence electrons. The second kappa shape index (κ2) is 13.0. The van der Waals surface area contributed by atoms with Crippen molar-refractivity contribution in [2.24, 2.45) is 0 Å². The number of carbonyl (C=O) groups is 1. The molecule has 1 aromatic rings. The third-order valence-electron chi connectivity index (χ3n) is 4.35. The minimum absolute atomic E-state index is 0.478. The van der Waals surface area contributed by atoms with Crippen molar-refractivity contribution in [3.05, 3.63) is 29.3 Å². The van der Waals surface area contributed by atoms with Crippen molar-refractivity contribution in [2.75, 3.05) is 6.61 Å². The first-order chi connectivity index (χ1) is 11.3. The zero-order valence-corrected chi connectivity index (χ0v) is 14.6. The van der Waals surface area contributed by atoms with Gasteiger partial charge in [-0.1, -0.05) is 69.6 Å². The van der Waals surface area contributed by atoms with E-state index in [9.17, 15) is 9.90 Å². The molecule has 1 rings (SSSR count). The number of rotatable bonds is 14. The summed E-state index contributed by atoms with van der Waals surface area (Å²) in [6.07, 6.45) is 13.3. The lowest BCUT2D eigenvalue weighted by molar-refractivity contribution is -0.128. The molecule has 0 fully saturated rings. The second-order valence-electron chi connectivity index (χ2n) is 6.34. The van der Waals surface area contributed by atoms with Crippen LogP contribution in [0.25, 0.3) is 0 Å². The van der Waals surface area contributed by atoms with Crippen LogP contribution in [0.4, 0.5) is 0 Å². The molecule has 0 radical (unpaired) electrons. The molecular weight excluding hydrogens is 288 g/mol. The van der Waals surface area contributed by atoms with Crippen molar-refractivity contribution in [2.45, 2.75) is 77.6 Å². The normalized spacial score (nSPS) is 10.7. The van der Waals surface area contributed by atoms with Crippen LogP contribution < -0.4 is 0 Å². The fourth-order valence-electron chi connectivity index (χ4n) is 2.88. The molecule has 0 aliphatic rings. The molecule has 23 heavy (non-hydrogen) atoms. The van der Waals surface area contributed by atoms with Gasteiger partial charge in [-0.25, -0.2) is 0 Å². The smallest absolute Gasteiger partial charge is 0.293 e. The van der Waals surface area contributed by atoms with Crippen LogP contribution >= 0.6 is 0 Å². The molecule has 0 saturated heterocycles. The van der Waals surface area contributed by atoms with E-state index in [0.717, 1.165) is 36.8 Å². The zero-order valence-electron chi connectivity index (χ0n) is 14.6. The molecule has 0 bridgehead atoms. The Labute approximate surface area is 141 Å². The highest BCUT2D eigenvalue weighted by Gasteiger charge is 2.02. The SMILES string of the molecule is Cc1cccc(CCCCCCCCCCCCOC=O)c1O. The average molecular weight is 320 g/mol. The van der Waals surface area contributed by atoms with Gasteiger partial charge >= 0.3 is 0 Å². The number of aromatic hydroxyl groups is 1. The largest absolute Gasteiger partial charge is 0.507 e. The first kappa shape index (κ1) is 19.5. The van der Waals surface area contributed by atoms with Crippen LogP contribution in [0.1, 0.15) is 75.3 Å². The molecule has 0 aromatic heterocycles. The van der Waals surface area contributed by atoms with Gasteiger partial charge < -0.3 is 9.84 Å². The molecular formula is C20H32O3. The van der Waals surface area contributed by atoms with Gasteiger partial charge in [0.25, 0.3) is 6.47 Å². The molecule has 0 aliphatic heterocycles. The summed E-state index contributed by atoms with van der Waals surface area (Å²) in [4.78, 5) is 9.96. The number of phenolic OH excluding ortho intramolecular Hbond substituents is 1. The zero-order chi connectivity index (χ0) is 16.8. The highest BCUT2D eigenvalue weighted by molar-refractivity contribution is 5.39. The van der Waals surface area contributed by atoms with Crippen LogP contribution in [-0.4, -0.2) is 18.2 Å². The average Bonchev–Trinajstić information content (AvgIpc) is 2.55. The number of ether oxygens (including phenoxy) is 1. The van der Waals surface area contributed by atoms with Gasteiger partial charge in [0.15, 0.2) is 0 Å². The summed E-state index contributed by atoms with van der Waals surface area (Å²) >= 11 is 0. The Morgan fingerprint density at radius 2 is 1.48 bits per heavy atom.